The lowest BCUT2D eigenvalue weighted by Gasteiger charge is -2.30. The van der Waals surface area contributed by atoms with E-state index in [9.17, 15) is 18.0 Å². The number of amides is 1. The summed E-state index contributed by atoms with van der Waals surface area (Å²) < 4.78 is 41.2. The van der Waals surface area contributed by atoms with E-state index < -0.39 is 15.3 Å². The molecule has 230 valence electrons. The third kappa shape index (κ3) is 5.64. The van der Waals surface area contributed by atoms with Crippen LogP contribution in [-0.2, 0) is 16.4 Å². The highest BCUT2D eigenvalue weighted by atomic mass is 79.9. The van der Waals surface area contributed by atoms with Gasteiger partial charge in [-0.25, -0.2) is 12.4 Å². The van der Waals surface area contributed by atoms with Crippen molar-refractivity contribution in [2.45, 2.75) is 21.5 Å². The number of carbonyl (C=O) groups excluding carboxylic acids is 2. The van der Waals surface area contributed by atoms with Gasteiger partial charge >= 0.3 is 0 Å². The molecule has 0 bridgehead atoms. The van der Waals surface area contributed by atoms with E-state index in [1.54, 1.807) is 47.4 Å². The van der Waals surface area contributed by atoms with Crippen molar-refractivity contribution in [3.05, 3.63) is 118 Å². The topological polar surface area (TPSA) is 94.9 Å². The summed E-state index contributed by atoms with van der Waals surface area (Å²) in [6, 6.07) is 28.1. The summed E-state index contributed by atoms with van der Waals surface area (Å²) >= 11 is 4.82. The zero-order chi connectivity index (χ0) is 31.7. The van der Waals surface area contributed by atoms with Crippen LogP contribution < -0.4 is 9.47 Å². The molecule has 45 heavy (non-hydrogen) atoms. The van der Waals surface area contributed by atoms with E-state index >= 15 is 0 Å². The van der Waals surface area contributed by atoms with Gasteiger partial charge in [0, 0.05) is 27.8 Å². The minimum atomic E-state index is -4.15. The summed E-state index contributed by atoms with van der Waals surface area (Å²) in [4.78, 5) is 31.6. The number of nitrogens with zero attached hydrogens (tertiary/aromatic N) is 2. The van der Waals surface area contributed by atoms with Gasteiger partial charge in [0.25, 0.3) is 15.9 Å². The number of Topliss-reactive ketones (excluding diaryl/α,β-unsaturated/α-hetero) is 1. The fourth-order valence-corrected chi connectivity index (χ4v) is 8.87. The third-order valence-electron chi connectivity index (χ3n) is 7.78. The van der Waals surface area contributed by atoms with Gasteiger partial charge in [0.05, 0.1) is 35.4 Å². The number of rotatable bonds is 7. The first-order valence-electron chi connectivity index (χ1n) is 14.1. The van der Waals surface area contributed by atoms with E-state index in [0.717, 1.165) is 4.90 Å². The average Bonchev–Trinajstić information content (AvgIpc) is 3.40. The lowest BCUT2D eigenvalue weighted by Crippen LogP contribution is -2.43. The highest BCUT2D eigenvalue weighted by molar-refractivity contribution is 9.10. The quantitative estimate of drug-likeness (QED) is 0.186. The van der Waals surface area contributed by atoms with Crippen molar-refractivity contribution in [2.24, 2.45) is 0 Å². The van der Waals surface area contributed by atoms with Crippen molar-refractivity contribution >= 4 is 60.3 Å². The number of ketones is 1. The number of benzene rings is 4. The third-order valence-corrected chi connectivity index (χ3v) is 11.4. The van der Waals surface area contributed by atoms with Crippen molar-refractivity contribution in [1.82, 2.24) is 8.87 Å². The molecule has 8 nitrogen and oxygen atoms in total. The van der Waals surface area contributed by atoms with Gasteiger partial charge in [0.2, 0.25) is 0 Å². The van der Waals surface area contributed by atoms with Crippen LogP contribution in [0.3, 0.4) is 0 Å². The van der Waals surface area contributed by atoms with Gasteiger partial charge in [-0.2, -0.15) is 0 Å². The number of thioether (sulfide) groups is 1. The second-order valence-corrected chi connectivity index (χ2v) is 14.3. The summed E-state index contributed by atoms with van der Waals surface area (Å²) in [5.41, 5.74) is 1.41. The Bertz CT molecular complexity index is 2010. The van der Waals surface area contributed by atoms with Crippen LogP contribution in [-0.4, -0.2) is 61.5 Å². The van der Waals surface area contributed by atoms with Gasteiger partial charge in [-0.1, -0.05) is 54.6 Å². The highest BCUT2D eigenvalue weighted by Crippen LogP contribution is 2.39. The Kier molecular flexibility index (Phi) is 8.76. The lowest BCUT2D eigenvalue weighted by molar-refractivity contribution is 0.0740. The van der Waals surface area contributed by atoms with Crippen molar-refractivity contribution < 1.29 is 27.5 Å². The molecular weight excluding hydrogens is 676 g/mol. The van der Waals surface area contributed by atoms with Crippen LogP contribution in [0.15, 0.2) is 111 Å². The van der Waals surface area contributed by atoms with Crippen molar-refractivity contribution in [3.63, 3.8) is 0 Å². The molecule has 6 rings (SSSR count). The summed E-state index contributed by atoms with van der Waals surface area (Å²) in [6.45, 7) is 0.271. The van der Waals surface area contributed by atoms with Crippen LogP contribution in [0.2, 0.25) is 0 Å². The van der Waals surface area contributed by atoms with Gasteiger partial charge in [-0.15, -0.1) is 11.8 Å². The predicted octanol–water partition coefficient (Wildman–Crippen LogP) is 6.70. The lowest BCUT2D eigenvalue weighted by atomic mass is 10.0. The smallest absolute Gasteiger partial charge is 0.268 e. The standard InChI is InChI=1S/C34H29BrN2O6S2/c1-42-28-18-17-26(35)30(33(28)43-2)34(39)36-20-19-25-24-15-9-10-16-27(24)37(45(40,41)23-13-7-4-8-14-23)31(25)32(38)29(21-36)44-22-11-5-3-6-12-22/h3-18,29H,19-21H2,1-2H3. The molecule has 0 fully saturated rings. The Labute approximate surface area is 274 Å². The summed E-state index contributed by atoms with van der Waals surface area (Å²) in [7, 11) is -1.17. The summed E-state index contributed by atoms with van der Waals surface area (Å²) in [5, 5.41) is -0.168. The van der Waals surface area contributed by atoms with E-state index in [0.29, 0.717) is 26.7 Å². The first kappa shape index (κ1) is 30.9. The van der Waals surface area contributed by atoms with E-state index in [1.807, 2.05) is 42.5 Å². The molecular formula is C34H29BrN2O6S2. The van der Waals surface area contributed by atoms with Crippen molar-refractivity contribution in [3.8, 4) is 11.5 Å². The summed E-state index contributed by atoms with van der Waals surface area (Å²) in [5.74, 6) is -0.0282. The van der Waals surface area contributed by atoms with Crippen molar-refractivity contribution in [1.29, 1.82) is 0 Å². The Balaban J connectivity index is 1.54. The maximum atomic E-state index is 14.8. The molecule has 0 saturated heterocycles. The second-order valence-electron chi connectivity index (χ2n) is 10.4. The molecule has 4 aromatic carbocycles. The molecule has 0 saturated carbocycles. The molecule has 1 aliphatic rings. The molecule has 0 aliphatic carbocycles. The molecule has 1 amide bonds. The number of ether oxygens (including phenoxy) is 2. The van der Waals surface area contributed by atoms with Crippen LogP contribution >= 0.6 is 27.7 Å². The van der Waals surface area contributed by atoms with E-state index in [1.165, 1.54) is 42.1 Å². The maximum absolute atomic E-state index is 14.8. The number of methoxy groups -OCH3 is 2. The fourth-order valence-electron chi connectivity index (χ4n) is 5.70. The van der Waals surface area contributed by atoms with Crippen LogP contribution in [0.4, 0.5) is 0 Å². The molecule has 1 aliphatic heterocycles. The normalized spacial score (nSPS) is 15.3. The molecule has 0 radical (unpaired) electrons. The van der Waals surface area contributed by atoms with Gasteiger partial charge in [0.1, 0.15) is 5.69 Å². The van der Waals surface area contributed by atoms with E-state index in [4.69, 9.17) is 9.47 Å². The Morgan fingerprint density at radius 3 is 2.24 bits per heavy atom. The SMILES string of the molecule is COc1ccc(Br)c(C(=O)N2CCc3c(n(S(=O)(=O)c4ccccc4)c4ccccc34)C(=O)C(Sc3ccccc3)C2)c1OC. The molecule has 2 heterocycles. The van der Waals surface area contributed by atoms with Crippen molar-refractivity contribution in [2.75, 3.05) is 27.3 Å². The molecule has 0 N–H and O–H groups in total. The number of para-hydroxylation sites is 1. The molecule has 11 heteroatoms. The van der Waals surface area contributed by atoms with Crippen LogP contribution in [0.25, 0.3) is 10.9 Å². The fraction of sp³-hybridized carbons (Fsp3) is 0.176. The van der Waals surface area contributed by atoms with Gasteiger partial charge < -0.3 is 14.4 Å². The molecule has 0 spiro atoms. The minimum absolute atomic E-state index is 0.0381. The number of carbonyl (C=O) groups is 2. The molecule has 1 aromatic heterocycles. The first-order valence-corrected chi connectivity index (χ1v) is 17.3. The number of hydrogen-bond acceptors (Lipinski definition) is 7. The molecule has 1 atom stereocenters. The minimum Gasteiger partial charge on any atom is -0.493 e. The summed E-state index contributed by atoms with van der Waals surface area (Å²) in [6.07, 6.45) is 0.261. The van der Waals surface area contributed by atoms with Crippen LogP contribution in [0, 0.1) is 0 Å². The second kappa shape index (κ2) is 12.7. The zero-order valence-electron chi connectivity index (χ0n) is 24.5. The van der Waals surface area contributed by atoms with Gasteiger partial charge in [-0.3, -0.25) is 9.59 Å². The zero-order valence-corrected chi connectivity index (χ0v) is 27.7. The Hall–Kier alpha value is -4.06. The number of hydrogen-bond donors (Lipinski definition) is 0. The Morgan fingerprint density at radius 2 is 1.56 bits per heavy atom. The monoisotopic (exact) mass is 704 g/mol. The largest absolute Gasteiger partial charge is 0.493 e. The number of halogens is 1. The van der Waals surface area contributed by atoms with E-state index in [2.05, 4.69) is 15.9 Å². The first-order chi connectivity index (χ1) is 21.8. The highest BCUT2D eigenvalue weighted by Gasteiger charge is 2.38. The Morgan fingerprint density at radius 1 is 0.889 bits per heavy atom. The average molecular weight is 706 g/mol. The van der Waals surface area contributed by atoms with Gasteiger partial charge in [-0.05, 0) is 70.4 Å². The van der Waals surface area contributed by atoms with Crippen LogP contribution in [0.5, 0.6) is 11.5 Å². The van der Waals surface area contributed by atoms with E-state index in [-0.39, 0.29) is 53.1 Å². The van der Waals surface area contributed by atoms with Crippen LogP contribution in [0.1, 0.15) is 26.4 Å². The molecule has 1 unspecified atom stereocenters. The maximum Gasteiger partial charge on any atom is 0.268 e. The number of fused-ring (bicyclic) bond motifs is 3. The number of aromatic nitrogens is 1. The predicted molar refractivity (Wildman–Crippen MR) is 178 cm³/mol. The van der Waals surface area contributed by atoms with Gasteiger partial charge in [0.15, 0.2) is 17.3 Å². The molecule has 5 aromatic rings.